The Morgan fingerprint density at radius 1 is 1.07 bits per heavy atom. The summed E-state index contributed by atoms with van der Waals surface area (Å²) in [6.45, 7) is 13.5. The van der Waals surface area contributed by atoms with Gasteiger partial charge in [-0.15, -0.1) is 0 Å². The SMILES string of the molecule is CC(C)=CC(=O)O[C@H]1CC(C)=C2C(=O)CC(C)[C@@H]2[C@H]2OC(=O)C3(CC45C=C[C@]3(C)[C@@H]4[C@H]3OC(=O)C(C)[C@@H]3CC[C@@]5(C)O)[C@@H]21. The zero-order chi connectivity index (χ0) is 31.0. The lowest BCUT2D eigenvalue weighted by Crippen LogP contribution is -2.53. The van der Waals surface area contributed by atoms with Crippen molar-refractivity contribution >= 4 is 23.7 Å². The molecule has 3 saturated carbocycles. The highest BCUT2D eigenvalue weighted by molar-refractivity contribution is 6.00. The topological polar surface area (TPSA) is 116 Å². The normalized spacial score (nSPS) is 50.9. The summed E-state index contributed by atoms with van der Waals surface area (Å²) in [6.07, 6.45) is 5.96. The van der Waals surface area contributed by atoms with E-state index in [1.54, 1.807) is 0 Å². The number of Topliss-reactive ketones (excluding diaryl/α,β-unsaturated/α-hetero) is 1. The van der Waals surface area contributed by atoms with Crippen molar-refractivity contribution in [3.05, 3.63) is 34.9 Å². The van der Waals surface area contributed by atoms with Crippen molar-refractivity contribution in [1.82, 2.24) is 0 Å². The maximum Gasteiger partial charge on any atom is 0.330 e. The number of hydrogen-bond donors (Lipinski definition) is 1. The molecule has 2 bridgehead atoms. The number of ketones is 1. The van der Waals surface area contributed by atoms with Crippen LogP contribution in [-0.4, -0.2) is 52.7 Å². The lowest BCUT2D eigenvalue weighted by molar-refractivity contribution is -0.159. The number of hydrogen-bond acceptors (Lipinski definition) is 8. The summed E-state index contributed by atoms with van der Waals surface area (Å²) in [5.41, 5.74) is -1.61. The van der Waals surface area contributed by atoms with Crippen molar-refractivity contribution in [2.75, 3.05) is 0 Å². The molecule has 0 aromatic rings. The number of carbonyl (C=O) groups is 4. The average Bonchev–Trinajstić information content (AvgIpc) is 3.57. The molecule has 2 heterocycles. The number of aliphatic hydroxyl groups is 1. The van der Waals surface area contributed by atoms with E-state index in [0.29, 0.717) is 32.1 Å². The van der Waals surface area contributed by atoms with E-state index in [1.807, 2.05) is 41.5 Å². The Labute approximate surface area is 253 Å². The van der Waals surface area contributed by atoms with Gasteiger partial charge in [-0.05, 0) is 52.9 Å². The minimum atomic E-state index is -1.17. The van der Waals surface area contributed by atoms with Gasteiger partial charge in [0.25, 0.3) is 0 Å². The second-order valence-electron chi connectivity index (χ2n) is 15.6. The van der Waals surface area contributed by atoms with Crippen LogP contribution in [0.5, 0.6) is 0 Å². The van der Waals surface area contributed by atoms with Gasteiger partial charge >= 0.3 is 17.9 Å². The van der Waals surface area contributed by atoms with Gasteiger partial charge in [-0.2, -0.15) is 0 Å². The predicted octanol–water partition coefficient (Wildman–Crippen LogP) is 4.64. The second-order valence-corrected chi connectivity index (χ2v) is 15.6. The molecule has 232 valence electrons. The largest absolute Gasteiger partial charge is 0.461 e. The van der Waals surface area contributed by atoms with E-state index in [9.17, 15) is 24.3 Å². The van der Waals surface area contributed by atoms with Gasteiger partial charge in [0.15, 0.2) is 5.78 Å². The molecule has 8 heteroatoms. The molecule has 0 amide bonds. The Morgan fingerprint density at radius 2 is 1.79 bits per heavy atom. The molecule has 0 aromatic heterocycles. The third kappa shape index (κ3) is 3.42. The molecule has 1 N–H and O–H groups in total. The van der Waals surface area contributed by atoms with Crippen LogP contribution in [0.4, 0.5) is 0 Å². The highest BCUT2D eigenvalue weighted by atomic mass is 16.6. The lowest BCUT2D eigenvalue weighted by atomic mass is 9.54. The summed E-state index contributed by atoms with van der Waals surface area (Å²) in [4.78, 5) is 54.2. The fourth-order valence-corrected chi connectivity index (χ4v) is 11.2. The van der Waals surface area contributed by atoms with Gasteiger partial charge in [0.2, 0.25) is 0 Å². The van der Waals surface area contributed by atoms with Crippen molar-refractivity contribution in [2.45, 2.75) is 104 Å². The number of esters is 3. The van der Waals surface area contributed by atoms with Crippen LogP contribution in [0.3, 0.4) is 0 Å². The van der Waals surface area contributed by atoms with Crippen LogP contribution in [0, 0.1) is 51.8 Å². The van der Waals surface area contributed by atoms with Crippen LogP contribution in [-0.2, 0) is 33.4 Å². The first-order valence-electron chi connectivity index (χ1n) is 16.0. The highest BCUT2D eigenvalue weighted by Gasteiger charge is 2.84. The van der Waals surface area contributed by atoms with Crippen LogP contribution < -0.4 is 0 Å². The monoisotopic (exact) mass is 592 g/mol. The maximum absolute atomic E-state index is 14.7. The second kappa shape index (κ2) is 8.92. The van der Waals surface area contributed by atoms with Crippen molar-refractivity contribution in [1.29, 1.82) is 0 Å². The van der Waals surface area contributed by atoms with E-state index < -0.39 is 52.0 Å². The van der Waals surface area contributed by atoms with Crippen molar-refractivity contribution in [3.63, 3.8) is 0 Å². The van der Waals surface area contributed by atoms with Gasteiger partial charge in [0.05, 0.1) is 22.9 Å². The van der Waals surface area contributed by atoms with Crippen LogP contribution in [0.1, 0.15) is 80.6 Å². The molecule has 43 heavy (non-hydrogen) atoms. The summed E-state index contributed by atoms with van der Waals surface area (Å²) in [6, 6.07) is 0. The van der Waals surface area contributed by atoms with Gasteiger partial charge in [-0.25, -0.2) is 4.79 Å². The molecular formula is C35H44O8. The maximum atomic E-state index is 14.7. The summed E-state index contributed by atoms with van der Waals surface area (Å²) in [5.74, 6) is -2.60. The quantitative estimate of drug-likeness (QED) is 0.213. The lowest BCUT2D eigenvalue weighted by Gasteiger charge is -2.46. The third-order valence-corrected chi connectivity index (χ3v) is 13.1. The van der Waals surface area contributed by atoms with Crippen molar-refractivity contribution in [2.24, 2.45) is 51.8 Å². The molecule has 5 fully saturated rings. The molecule has 2 aliphatic heterocycles. The molecule has 7 aliphatic rings. The number of allylic oxidation sites excluding steroid dienone is 2. The molecule has 2 saturated heterocycles. The van der Waals surface area contributed by atoms with E-state index >= 15 is 0 Å². The number of fused-ring (bicyclic) bond motifs is 6. The Balaban J connectivity index is 1.43. The zero-order valence-electron chi connectivity index (χ0n) is 26.3. The van der Waals surface area contributed by atoms with Crippen LogP contribution in [0.25, 0.3) is 0 Å². The number of carbonyl (C=O) groups excluding carboxylic acids is 4. The smallest absolute Gasteiger partial charge is 0.330 e. The number of ether oxygens (including phenoxy) is 3. The van der Waals surface area contributed by atoms with Crippen LogP contribution in [0.15, 0.2) is 34.9 Å². The molecule has 8 nitrogen and oxygen atoms in total. The van der Waals surface area contributed by atoms with E-state index in [0.717, 1.165) is 16.7 Å². The fraction of sp³-hybridized carbons (Fsp3) is 0.714. The zero-order valence-corrected chi connectivity index (χ0v) is 26.3. The first kappa shape index (κ1) is 29.0. The van der Waals surface area contributed by atoms with Gasteiger partial charge in [0.1, 0.15) is 18.3 Å². The van der Waals surface area contributed by atoms with Gasteiger partial charge in [0, 0.05) is 53.1 Å². The van der Waals surface area contributed by atoms with E-state index in [1.165, 1.54) is 6.08 Å². The minimum absolute atomic E-state index is 0.0326. The third-order valence-electron chi connectivity index (χ3n) is 13.1. The first-order chi connectivity index (χ1) is 20.1. The molecule has 1 spiro atoms. The fourth-order valence-electron chi connectivity index (χ4n) is 11.2. The van der Waals surface area contributed by atoms with E-state index in [2.05, 4.69) is 19.1 Å². The van der Waals surface area contributed by atoms with Gasteiger partial charge in [-0.1, -0.05) is 44.1 Å². The van der Waals surface area contributed by atoms with E-state index in [4.69, 9.17) is 14.2 Å². The molecule has 0 radical (unpaired) electrons. The molecule has 7 rings (SSSR count). The first-order valence-corrected chi connectivity index (χ1v) is 16.0. The van der Waals surface area contributed by atoms with Crippen molar-refractivity contribution < 1.29 is 38.5 Å². The standard InChI is InChI=1S/C35H44O8/c1-16(2)12-23(37)41-22-14-18(4)24-21(36)13-17(3)25(24)28-26(22)35(31(39)43-28)15-34-11-10-32(35,6)29(34)27-20(8-9-33(34,7)40)19(5)30(38)42-27/h10-12,17,19-20,22,25-29,40H,8-9,13-15H2,1-7H3/t17?,19?,20-,22-,25-,26+,27-,28+,29-,32+,33+,34?,35?/m0/s1. The summed E-state index contributed by atoms with van der Waals surface area (Å²) < 4.78 is 18.9. The Hall–Kier alpha value is -2.74. The Morgan fingerprint density at radius 3 is 2.49 bits per heavy atom. The molecule has 4 unspecified atom stereocenters. The average molecular weight is 593 g/mol. The predicted molar refractivity (Wildman–Crippen MR) is 155 cm³/mol. The molecule has 0 aromatic carbocycles. The summed E-state index contributed by atoms with van der Waals surface area (Å²) >= 11 is 0. The highest BCUT2D eigenvalue weighted by Crippen LogP contribution is 2.80. The Bertz CT molecular complexity index is 1430. The van der Waals surface area contributed by atoms with Gasteiger partial charge in [-0.3, -0.25) is 14.4 Å². The Kier molecular flexibility index (Phi) is 6.02. The van der Waals surface area contributed by atoms with Crippen molar-refractivity contribution in [3.8, 4) is 0 Å². The van der Waals surface area contributed by atoms with Crippen LogP contribution in [0.2, 0.25) is 0 Å². The molecule has 13 atom stereocenters. The summed E-state index contributed by atoms with van der Waals surface area (Å²) in [7, 11) is 0. The summed E-state index contributed by atoms with van der Waals surface area (Å²) in [5, 5.41) is 12.3. The minimum Gasteiger partial charge on any atom is -0.461 e. The van der Waals surface area contributed by atoms with E-state index in [-0.39, 0.29) is 47.3 Å². The van der Waals surface area contributed by atoms with Gasteiger partial charge < -0.3 is 19.3 Å². The number of rotatable bonds is 2. The van der Waals surface area contributed by atoms with Crippen LogP contribution >= 0.6 is 0 Å². The molecule has 5 aliphatic carbocycles. The molecular weight excluding hydrogens is 548 g/mol.